The van der Waals surface area contributed by atoms with Crippen LogP contribution < -0.4 is 5.32 Å². The second kappa shape index (κ2) is 12.6. The van der Waals surface area contributed by atoms with Crippen molar-refractivity contribution in [3.63, 3.8) is 0 Å². The van der Waals surface area contributed by atoms with Crippen LogP contribution in [0.5, 0.6) is 0 Å². The maximum absolute atomic E-state index is 4.98. The standard InChI is InChI=1S/C7H17NO.C2H6/c1-4-7(6-9-3)8-5-2;1-2/h7-8H,4-6H2,1-3H3;1-2H3. The summed E-state index contributed by atoms with van der Waals surface area (Å²) in [5.41, 5.74) is 0. The van der Waals surface area contributed by atoms with Crippen LogP contribution in [0.25, 0.3) is 0 Å². The van der Waals surface area contributed by atoms with Crippen molar-refractivity contribution < 1.29 is 4.74 Å². The van der Waals surface area contributed by atoms with Crippen LogP contribution in [0, 0.1) is 0 Å². The molecule has 1 unspecified atom stereocenters. The summed E-state index contributed by atoms with van der Waals surface area (Å²) < 4.78 is 4.98. The summed E-state index contributed by atoms with van der Waals surface area (Å²) in [5, 5.41) is 3.31. The Hall–Kier alpha value is -0.0800. The molecule has 0 fully saturated rings. The lowest BCUT2D eigenvalue weighted by Gasteiger charge is -2.13. The molecule has 70 valence electrons. The molecule has 0 spiro atoms. The summed E-state index contributed by atoms with van der Waals surface area (Å²) in [7, 11) is 1.74. The van der Waals surface area contributed by atoms with Crippen molar-refractivity contribution in [2.45, 2.75) is 40.2 Å². The van der Waals surface area contributed by atoms with Gasteiger partial charge in [0.2, 0.25) is 0 Å². The third kappa shape index (κ3) is 9.92. The Kier molecular flexibility index (Phi) is 15.4. The topological polar surface area (TPSA) is 21.3 Å². The van der Waals surface area contributed by atoms with Gasteiger partial charge in [-0.05, 0) is 13.0 Å². The molecule has 0 heterocycles. The zero-order valence-corrected chi connectivity index (χ0v) is 8.61. The van der Waals surface area contributed by atoms with Crippen LogP contribution in [-0.2, 0) is 4.74 Å². The van der Waals surface area contributed by atoms with E-state index in [1.165, 1.54) is 0 Å². The highest BCUT2D eigenvalue weighted by molar-refractivity contribution is 4.60. The van der Waals surface area contributed by atoms with Gasteiger partial charge in [0.25, 0.3) is 0 Å². The van der Waals surface area contributed by atoms with E-state index < -0.39 is 0 Å². The molecule has 0 amide bonds. The first-order chi connectivity index (χ1) is 5.35. The number of hydrogen-bond donors (Lipinski definition) is 1. The average Bonchev–Trinajstić information content (AvgIpc) is 2.08. The molecule has 0 aliphatic rings. The molecular formula is C9H23NO. The zero-order chi connectivity index (χ0) is 9.11. The molecule has 1 atom stereocenters. The van der Waals surface area contributed by atoms with Gasteiger partial charge in [0.05, 0.1) is 6.61 Å². The lowest BCUT2D eigenvalue weighted by atomic mass is 10.2. The lowest BCUT2D eigenvalue weighted by Crippen LogP contribution is -2.32. The Morgan fingerprint density at radius 2 is 1.82 bits per heavy atom. The minimum atomic E-state index is 0.542. The molecule has 0 aliphatic heterocycles. The number of ether oxygens (including phenoxy) is 1. The SMILES string of the molecule is CC.CCNC(CC)COC. The van der Waals surface area contributed by atoms with E-state index in [1.54, 1.807) is 7.11 Å². The van der Waals surface area contributed by atoms with Crippen molar-refractivity contribution in [3.8, 4) is 0 Å². The maximum Gasteiger partial charge on any atom is 0.0615 e. The van der Waals surface area contributed by atoms with Gasteiger partial charge in [-0.3, -0.25) is 0 Å². The van der Waals surface area contributed by atoms with Crippen LogP contribution in [0.2, 0.25) is 0 Å². The van der Waals surface area contributed by atoms with Gasteiger partial charge in [-0.2, -0.15) is 0 Å². The van der Waals surface area contributed by atoms with Crippen LogP contribution >= 0.6 is 0 Å². The zero-order valence-electron chi connectivity index (χ0n) is 8.61. The van der Waals surface area contributed by atoms with Crippen LogP contribution in [0.1, 0.15) is 34.1 Å². The minimum absolute atomic E-state index is 0.542. The van der Waals surface area contributed by atoms with E-state index in [-0.39, 0.29) is 0 Å². The summed E-state index contributed by atoms with van der Waals surface area (Å²) in [6, 6.07) is 0.542. The molecule has 2 nitrogen and oxygen atoms in total. The second-order valence-corrected chi connectivity index (χ2v) is 2.12. The molecule has 2 heteroatoms. The predicted molar refractivity (Wildman–Crippen MR) is 51.0 cm³/mol. The highest BCUT2D eigenvalue weighted by Gasteiger charge is 2.00. The lowest BCUT2D eigenvalue weighted by molar-refractivity contribution is 0.165. The van der Waals surface area contributed by atoms with Gasteiger partial charge in [-0.1, -0.05) is 27.7 Å². The fourth-order valence-electron chi connectivity index (χ4n) is 0.811. The van der Waals surface area contributed by atoms with Crippen LogP contribution in [0.15, 0.2) is 0 Å². The summed E-state index contributed by atoms with van der Waals surface area (Å²) >= 11 is 0. The largest absolute Gasteiger partial charge is 0.383 e. The van der Waals surface area contributed by atoms with E-state index in [1.807, 2.05) is 13.8 Å². The Balaban J connectivity index is 0. The van der Waals surface area contributed by atoms with Crippen LogP contribution in [-0.4, -0.2) is 26.3 Å². The van der Waals surface area contributed by atoms with E-state index in [0.717, 1.165) is 19.6 Å². The first-order valence-corrected chi connectivity index (χ1v) is 4.57. The Morgan fingerprint density at radius 1 is 1.27 bits per heavy atom. The monoisotopic (exact) mass is 161 g/mol. The molecule has 0 aromatic rings. The van der Waals surface area contributed by atoms with Gasteiger partial charge >= 0.3 is 0 Å². The normalized spacial score (nSPS) is 11.7. The number of nitrogens with one attached hydrogen (secondary N) is 1. The average molecular weight is 161 g/mol. The predicted octanol–water partition coefficient (Wildman–Crippen LogP) is 2.05. The molecule has 0 saturated heterocycles. The van der Waals surface area contributed by atoms with Crippen molar-refractivity contribution in [1.82, 2.24) is 5.32 Å². The smallest absolute Gasteiger partial charge is 0.0615 e. The number of hydrogen-bond acceptors (Lipinski definition) is 2. The molecule has 0 aromatic carbocycles. The quantitative estimate of drug-likeness (QED) is 0.666. The van der Waals surface area contributed by atoms with Crippen molar-refractivity contribution in [3.05, 3.63) is 0 Å². The Bertz CT molecular complexity index is 51.5. The van der Waals surface area contributed by atoms with Gasteiger partial charge < -0.3 is 10.1 Å². The number of likely N-dealkylation sites (N-methyl/N-ethyl adjacent to an activating group) is 1. The highest BCUT2D eigenvalue weighted by atomic mass is 16.5. The van der Waals surface area contributed by atoms with Crippen molar-refractivity contribution in [2.24, 2.45) is 0 Å². The third-order valence-corrected chi connectivity index (χ3v) is 1.35. The molecular weight excluding hydrogens is 138 g/mol. The molecule has 0 rings (SSSR count). The molecule has 0 radical (unpaired) electrons. The van der Waals surface area contributed by atoms with Gasteiger partial charge in [0, 0.05) is 13.2 Å². The molecule has 0 aliphatic carbocycles. The van der Waals surface area contributed by atoms with Gasteiger partial charge in [0.1, 0.15) is 0 Å². The van der Waals surface area contributed by atoms with Crippen molar-refractivity contribution in [1.29, 1.82) is 0 Å². The Labute approximate surface area is 71.3 Å². The first kappa shape index (κ1) is 13.5. The van der Waals surface area contributed by atoms with Crippen LogP contribution in [0.3, 0.4) is 0 Å². The summed E-state index contributed by atoms with van der Waals surface area (Å²) in [6.07, 6.45) is 1.14. The van der Waals surface area contributed by atoms with E-state index >= 15 is 0 Å². The third-order valence-electron chi connectivity index (χ3n) is 1.35. The second-order valence-electron chi connectivity index (χ2n) is 2.12. The number of methoxy groups -OCH3 is 1. The summed E-state index contributed by atoms with van der Waals surface area (Å²) in [5.74, 6) is 0. The molecule has 0 bridgehead atoms. The summed E-state index contributed by atoms with van der Waals surface area (Å²) in [6.45, 7) is 10.1. The molecule has 0 aromatic heterocycles. The molecule has 0 saturated carbocycles. The van der Waals surface area contributed by atoms with Crippen molar-refractivity contribution >= 4 is 0 Å². The first-order valence-electron chi connectivity index (χ1n) is 4.57. The fraction of sp³-hybridized carbons (Fsp3) is 1.00. The summed E-state index contributed by atoms with van der Waals surface area (Å²) in [4.78, 5) is 0. The maximum atomic E-state index is 4.98. The van der Waals surface area contributed by atoms with Gasteiger partial charge in [-0.25, -0.2) is 0 Å². The number of rotatable bonds is 5. The Morgan fingerprint density at radius 3 is 2.09 bits per heavy atom. The molecule has 1 N–H and O–H groups in total. The van der Waals surface area contributed by atoms with Gasteiger partial charge in [0.15, 0.2) is 0 Å². The van der Waals surface area contributed by atoms with Gasteiger partial charge in [-0.15, -0.1) is 0 Å². The van der Waals surface area contributed by atoms with E-state index in [2.05, 4.69) is 19.2 Å². The minimum Gasteiger partial charge on any atom is -0.383 e. The highest BCUT2D eigenvalue weighted by Crippen LogP contribution is 1.89. The van der Waals surface area contributed by atoms with E-state index in [4.69, 9.17) is 4.74 Å². The van der Waals surface area contributed by atoms with Crippen LogP contribution in [0.4, 0.5) is 0 Å². The fourth-order valence-corrected chi connectivity index (χ4v) is 0.811. The van der Waals surface area contributed by atoms with Crippen molar-refractivity contribution in [2.75, 3.05) is 20.3 Å². The van der Waals surface area contributed by atoms with E-state index in [9.17, 15) is 0 Å². The molecule has 11 heavy (non-hydrogen) atoms. The van der Waals surface area contributed by atoms with E-state index in [0.29, 0.717) is 6.04 Å².